The lowest BCUT2D eigenvalue weighted by Gasteiger charge is -2.44. The van der Waals surface area contributed by atoms with Crippen molar-refractivity contribution in [3.63, 3.8) is 0 Å². The maximum Gasteiger partial charge on any atom is 0.416 e. The van der Waals surface area contributed by atoms with E-state index in [1.165, 1.54) is 12.1 Å². The third-order valence-corrected chi connectivity index (χ3v) is 6.58. The Hall–Kier alpha value is -3.81. The zero-order valence-electron chi connectivity index (χ0n) is 17.8. The highest BCUT2D eigenvalue weighted by atomic mass is 19.4. The highest BCUT2D eigenvalue weighted by Crippen LogP contribution is 2.45. The highest BCUT2D eigenvalue weighted by molar-refractivity contribution is 5.84. The van der Waals surface area contributed by atoms with Crippen LogP contribution in [0.3, 0.4) is 0 Å². The molecule has 0 spiro atoms. The molecule has 34 heavy (non-hydrogen) atoms. The summed E-state index contributed by atoms with van der Waals surface area (Å²) in [6.45, 7) is -0.00112. The second kappa shape index (κ2) is 8.20. The zero-order chi connectivity index (χ0) is 24.0. The van der Waals surface area contributed by atoms with Crippen LogP contribution in [0, 0.1) is 0 Å². The van der Waals surface area contributed by atoms with Gasteiger partial charge in [0, 0.05) is 18.4 Å². The second-order valence-electron chi connectivity index (χ2n) is 8.47. The number of halogens is 3. The Morgan fingerprint density at radius 3 is 2.15 bits per heavy atom. The number of rotatable bonds is 4. The van der Waals surface area contributed by atoms with Gasteiger partial charge in [0.25, 0.3) is 0 Å². The summed E-state index contributed by atoms with van der Waals surface area (Å²) in [6, 6.07) is 18.9. The molecule has 0 aromatic heterocycles. The number of hydrogen-bond acceptors (Lipinski definition) is 3. The Balaban J connectivity index is 1.31. The number of carbonyl (C=O) groups is 2. The Morgan fingerprint density at radius 2 is 1.56 bits per heavy atom. The summed E-state index contributed by atoms with van der Waals surface area (Å²) in [4.78, 5) is 25.7. The van der Waals surface area contributed by atoms with Crippen molar-refractivity contribution in [1.29, 1.82) is 0 Å². The molecule has 1 aliphatic carbocycles. The fourth-order valence-corrected chi connectivity index (χ4v) is 4.91. The van der Waals surface area contributed by atoms with E-state index >= 15 is 0 Å². The SMILES string of the molecule is O=C(O)[C@@H]1[C@@H](c2cccc(C(F)(F)F)c2)CN1C(=O)OCC1c2ccccc2-c2ccccc21. The van der Waals surface area contributed by atoms with Gasteiger partial charge in [0.05, 0.1) is 5.56 Å². The molecule has 5 nitrogen and oxygen atoms in total. The summed E-state index contributed by atoms with van der Waals surface area (Å²) in [7, 11) is 0. The van der Waals surface area contributed by atoms with E-state index in [0.717, 1.165) is 39.3 Å². The lowest BCUT2D eigenvalue weighted by Crippen LogP contribution is -2.61. The molecule has 174 valence electrons. The monoisotopic (exact) mass is 467 g/mol. The third-order valence-electron chi connectivity index (χ3n) is 6.58. The molecule has 0 saturated carbocycles. The molecule has 8 heteroatoms. The van der Waals surface area contributed by atoms with Gasteiger partial charge in [-0.25, -0.2) is 9.59 Å². The number of carboxylic acid groups (broad SMARTS) is 1. The highest BCUT2D eigenvalue weighted by Gasteiger charge is 2.49. The second-order valence-corrected chi connectivity index (χ2v) is 8.47. The number of ether oxygens (including phenoxy) is 1. The maximum absolute atomic E-state index is 13.1. The van der Waals surface area contributed by atoms with Gasteiger partial charge in [-0.05, 0) is 33.9 Å². The van der Waals surface area contributed by atoms with Crippen LogP contribution >= 0.6 is 0 Å². The van der Waals surface area contributed by atoms with Crippen LogP contribution in [0.25, 0.3) is 11.1 Å². The molecule has 1 N–H and O–H groups in total. The van der Waals surface area contributed by atoms with Crippen LogP contribution in [-0.2, 0) is 15.7 Å². The summed E-state index contributed by atoms with van der Waals surface area (Å²) in [6.07, 6.45) is -5.33. The van der Waals surface area contributed by atoms with Crippen LogP contribution in [0.5, 0.6) is 0 Å². The molecule has 2 aliphatic rings. The van der Waals surface area contributed by atoms with Crippen molar-refractivity contribution in [3.8, 4) is 11.1 Å². The van der Waals surface area contributed by atoms with E-state index in [0.29, 0.717) is 0 Å². The number of aliphatic carboxylic acids is 1. The number of carboxylic acids is 1. The Morgan fingerprint density at radius 1 is 0.941 bits per heavy atom. The van der Waals surface area contributed by atoms with Crippen LogP contribution in [0.15, 0.2) is 72.8 Å². The summed E-state index contributed by atoms with van der Waals surface area (Å²) in [5.74, 6) is -2.22. The number of nitrogens with zero attached hydrogens (tertiary/aromatic N) is 1. The third kappa shape index (κ3) is 3.69. The number of carbonyl (C=O) groups excluding carboxylic acids is 1. The first-order chi connectivity index (χ1) is 16.3. The van der Waals surface area contributed by atoms with Crippen LogP contribution in [0.1, 0.15) is 34.1 Å². The van der Waals surface area contributed by atoms with Crippen LogP contribution < -0.4 is 0 Å². The molecule has 0 unspecified atom stereocenters. The molecule has 1 heterocycles. The van der Waals surface area contributed by atoms with Crippen LogP contribution in [-0.4, -0.2) is 41.3 Å². The predicted molar refractivity (Wildman–Crippen MR) is 117 cm³/mol. The average molecular weight is 467 g/mol. The molecule has 3 aromatic rings. The summed E-state index contributed by atoms with van der Waals surface area (Å²) < 4.78 is 44.7. The predicted octanol–water partition coefficient (Wildman–Crippen LogP) is 5.51. The Kier molecular flexibility index (Phi) is 5.31. The number of benzene rings is 3. The summed E-state index contributed by atoms with van der Waals surface area (Å²) in [5.41, 5.74) is 3.55. The van der Waals surface area contributed by atoms with E-state index in [-0.39, 0.29) is 24.6 Å². The molecule has 1 fully saturated rings. The van der Waals surface area contributed by atoms with Gasteiger partial charge >= 0.3 is 18.2 Å². The minimum atomic E-state index is -4.54. The van der Waals surface area contributed by atoms with E-state index in [2.05, 4.69) is 0 Å². The van der Waals surface area contributed by atoms with Crippen molar-refractivity contribution < 1.29 is 32.6 Å². The van der Waals surface area contributed by atoms with Crippen LogP contribution in [0.2, 0.25) is 0 Å². The number of fused-ring (bicyclic) bond motifs is 3. The zero-order valence-corrected chi connectivity index (χ0v) is 17.8. The maximum atomic E-state index is 13.1. The van der Waals surface area contributed by atoms with Gasteiger partial charge in [-0.3, -0.25) is 4.90 Å². The quantitative estimate of drug-likeness (QED) is 0.550. The van der Waals surface area contributed by atoms with Gasteiger partial charge in [0.2, 0.25) is 0 Å². The molecule has 5 rings (SSSR count). The van der Waals surface area contributed by atoms with Gasteiger partial charge in [0.1, 0.15) is 12.6 Å². The normalized spacial score (nSPS) is 19.2. The molecule has 0 radical (unpaired) electrons. The number of likely N-dealkylation sites (tertiary alicyclic amines) is 1. The topological polar surface area (TPSA) is 66.8 Å². The van der Waals surface area contributed by atoms with E-state index in [1.54, 1.807) is 0 Å². The summed E-state index contributed by atoms with van der Waals surface area (Å²) in [5, 5.41) is 9.68. The minimum absolute atomic E-state index is 0.0317. The number of alkyl halides is 3. The van der Waals surface area contributed by atoms with Crippen molar-refractivity contribution in [2.45, 2.75) is 24.1 Å². The van der Waals surface area contributed by atoms with Crippen molar-refractivity contribution >= 4 is 12.1 Å². The minimum Gasteiger partial charge on any atom is -0.480 e. The molecule has 1 saturated heterocycles. The van der Waals surface area contributed by atoms with E-state index < -0.39 is 35.8 Å². The summed E-state index contributed by atoms with van der Waals surface area (Å²) >= 11 is 0. The van der Waals surface area contributed by atoms with Gasteiger partial charge in [-0.15, -0.1) is 0 Å². The van der Waals surface area contributed by atoms with Crippen molar-refractivity contribution in [2.75, 3.05) is 13.2 Å². The lowest BCUT2D eigenvalue weighted by atomic mass is 9.82. The fraction of sp³-hybridized carbons (Fsp3) is 0.231. The van der Waals surface area contributed by atoms with Crippen LogP contribution in [0.4, 0.5) is 18.0 Å². The first-order valence-corrected chi connectivity index (χ1v) is 10.8. The fourth-order valence-electron chi connectivity index (χ4n) is 4.91. The molecule has 1 amide bonds. The smallest absolute Gasteiger partial charge is 0.416 e. The molecule has 0 bridgehead atoms. The Labute approximate surface area is 193 Å². The lowest BCUT2D eigenvalue weighted by molar-refractivity contribution is -0.148. The van der Waals surface area contributed by atoms with Crippen molar-refractivity contribution in [2.24, 2.45) is 0 Å². The standard InChI is InChI=1S/C26H20F3NO4/c27-26(28,29)16-7-5-6-15(12-16)21-13-30(23(21)24(31)32)25(33)34-14-22-19-10-3-1-8-17(19)18-9-2-4-11-20(18)22/h1-12,21-23H,13-14H2,(H,31,32)/t21-,23+/m1/s1. The van der Waals surface area contributed by atoms with Gasteiger partial charge in [-0.1, -0.05) is 66.7 Å². The van der Waals surface area contributed by atoms with Crippen molar-refractivity contribution in [3.05, 3.63) is 95.1 Å². The molecular weight excluding hydrogens is 447 g/mol. The first-order valence-electron chi connectivity index (χ1n) is 10.8. The number of amides is 1. The largest absolute Gasteiger partial charge is 0.480 e. The average Bonchev–Trinajstić information content (AvgIpc) is 3.10. The van der Waals surface area contributed by atoms with Crippen molar-refractivity contribution in [1.82, 2.24) is 4.90 Å². The van der Waals surface area contributed by atoms with Gasteiger partial charge in [-0.2, -0.15) is 13.2 Å². The van der Waals surface area contributed by atoms with E-state index in [1.807, 2.05) is 48.5 Å². The molecule has 3 aromatic carbocycles. The first kappa shape index (κ1) is 22.0. The van der Waals surface area contributed by atoms with Gasteiger partial charge < -0.3 is 9.84 Å². The van der Waals surface area contributed by atoms with Gasteiger partial charge in [0.15, 0.2) is 0 Å². The number of hydrogen-bond donors (Lipinski definition) is 1. The molecule has 1 aliphatic heterocycles. The molecule has 2 atom stereocenters. The Bertz CT molecular complexity index is 1230. The molecular formula is C26H20F3NO4. The van der Waals surface area contributed by atoms with E-state index in [4.69, 9.17) is 4.74 Å². The van der Waals surface area contributed by atoms with E-state index in [9.17, 15) is 27.9 Å².